The van der Waals surface area contributed by atoms with E-state index in [-0.39, 0.29) is 6.61 Å². The number of likely N-dealkylation sites (N-methyl/N-ethyl adjacent to an activating group) is 1. The molecule has 4 nitrogen and oxygen atoms in total. The van der Waals surface area contributed by atoms with Gasteiger partial charge in [0, 0.05) is 26.3 Å². The van der Waals surface area contributed by atoms with Crippen LogP contribution in [0.25, 0.3) is 0 Å². The highest BCUT2D eigenvalue weighted by Gasteiger charge is 2.13. The van der Waals surface area contributed by atoms with Crippen molar-refractivity contribution in [2.75, 3.05) is 38.1 Å². The number of hydrogen-bond acceptors (Lipinski definition) is 5. The lowest BCUT2D eigenvalue weighted by atomic mass is 10.4. The smallest absolute Gasteiger partial charge is 0.185 e. The van der Waals surface area contributed by atoms with Crippen LogP contribution in [0, 0.1) is 0 Å². The molecule has 2 rings (SSSR count). The van der Waals surface area contributed by atoms with E-state index >= 15 is 0 Å². The van der Waals surface area contributed by atoms with Crippen molar-refractivity contribution < 1.29 is 5.11 Å². The highest BCUT2D eigenvalue weighted by atomic mass is 32.1. The van der Waals surface area contributed by atoms with Gasteiger partial charge in [-0.1, -0.05) is 11.3 Å². The third kappa shape index (κ3) is 2.93. The molecule has 1 aliphatic rings. The Morgan fingerprint density at radius 3 is 2.88 bits per heavy atom. The molecule has 1 aliphatic heterocycles. The first-order chi connectivity index (χ1) is 7.79. The van der Waals surface area contributed by atoms with Crippen LogP contribution >= 0.6 is 11.3 Å². The molecule has 16 heavy (non-hydrogen) atoms. The Bertz CT molecular complexity index is 323. The maximum atomic E-state index is 8.98. The molecule has 0 aromatic carbocycles. The number of aliphatic hydroxyl groups excluding tert-OH is 1. The van der Waals surface area contributed by atoms with Crippen molar-refractivity contribution in [1.29, 1.82) is 0 Å². The van der Waals surface area contributed by atoms with Crippen molar-refractivity contribution in [3.8, 4) is 0 Å². The molecule has 0 amide bonds. The molecule has 5 heteroatoms. The molecule has 0 atom stereocenters. The predicted octanol–water partition coefficient (Wildman–Crippen LogP) is 1.17. The van der Waals surface area contributed by atoms with Gasteiger partial charge in [-0.25, -0.2) is 4.98 Å². The van der Waals surface area contributed by atoms with Gasteiger partial charge in [0.1, 0.15) is 0 Å². The number of hydrogen-bond donors (Lipinski definition) is 1. The molecule has 0 spiro atoms. The summed E-state index contributed by atoms with van der Waals surface area (Å²) >= 11 is 1.57. The number of rotatable bonds is 5. The van der Waals surface area contributed by atoms with Gasteiger partial charge in [-0.2, -0.15) is 0 Å². The van der Waals surface area contributed by atoms with E-state index in [9.17, 15) is 0 Å². The van der Waals surface area contributed by atoms with Crippen LogP contribution in [0.4, 0.5) is 5.13 Å². The quantitative estimate of drug-likeness (QED) is 0.840. The van der Waals surface area contributed by atoms with E-state index in [0.717, 1.165) is 23.1 Å². The second-order valence-electron chi connectivity index (χ2n) is 4.24. The standard InChI is InChI=1S/C11H19N3OS/c1-13(6-7-14-4-2-3-5-14)11-12-8-10(9-15)16-11/h8,15H,2-7,9H2,1H3. The van der Waals surface area contributed by atoms with E-state index in [0.29, 0.717) is 0 Å². The first kappa shape index (κ1) is 11.8. The maximum absolute atomic E-state index is 8.98. The monoisotopic (exact) mass is 241 g/mol. The summed E-state index contributed by atoms with van der Waals surface area (Å²) in [4.78, 5) is 9.90. The van der Waals surface area contributed by atoms with Gasteiger partial charge in [-0.15, -0.1) is 0 Å². The molecule has 0 bridgehead atoms. The van der Waals surface area contributed by atoms with Crippen molar-refractivity contribution in [2.45, 2.75) is 19.4 Å². The van der Waals surface area contributed by atoms with E-state index in [2.05, 4.69) is 21.8 Å². The molecular weight excluding hydrogens is 222 g/mol. The molecule has 0 aliphatic carbocycles. The number of likely N-dealkylation sites (tertiary alicyclic amines) is 1. The Hall–Kier alpha value is -0.650. The van der Waals surface area contributed by atoms with E-state index in [1.807, 2.05) is 0 Å². The highest BCUT2D eigenvalue weighted by Crippen LogP contribution is 2.21. The van der Waals surface area contributed by atoms with E-state index in [1.54, 1.807) is 17.5 Å². The van der Waals surface area contributed by atoms with Crippen molar-refractivity contribution in [3.05, 3.63) is 11.1 Å². The van der Waals surface area contributed by atoms with Crippen molar-refractivity contribution >= 4 is 16.5 Å². The highest BCUT2D eigenvalue weighted by molar-refractivity contribution is 7.15. The van der Waals surface area contributed by atoms with Gasteiger partial charge in [0.15, 0.2) is 5.13 Å². The summed E-state index contributed by atoms with van der Waals surface area (Å²) in [6.07, 6.45) is 4.44. The fourth-order valence-corrected chi connectivity index (χ4v) is 2.70. The van der Waals surface area contributed by atoms with Gasteiger partial charge in [0.25, 0.3) is 0 Å². The van der Waals surface area contributed by atoms with E-state index < -0.39 is 0 Å². The van der Waals surface area contributed by atoms with Crippen LogP contribution in [0.3, 0.4) is 0 Å². The first-order valence-electron chi connectivity index (χ1n) is 5.78. The van der Waals surface area contributed by atoms with Gasteiger partial charge in [0.2, 0.25) is 0 Å². The van der Waals surface area contributed by atoms with Gasteiger partial charge in [-0.05, 0) is 25.9 Å². The molecule has 1 fully saturated rings. The molecule has 1 N–H and O–H groups in total. The summed E-state index contributed by atoms with van der Waals surface area (Å²) in [5.74, 6) is 0. The predicted molar refractivity (Wildman–Crippen MR) is 67.0 cm³/mol. The van der Waals surface area contributed by atoms with Crippen LogP contribution in [0.2, 0.25) is 0 Å². The fraction of sp³-hybridized carbons (Fsp3) is 0.727. The lowest BCUT2D eigenvalue weighted by molar-refractivity contribution is 0.285. The van der Waals surface area contributed by atoms with Crippen molar-refractivity contribution in [1.82, 2.24) is 9.88 Å². The van der Waals surface area contributed by atoms with Crippen LogP contribution in [-0.4, -0.2) is 48.2 Å². The zero-order valence-electron chi connectivity index (χ0n) is 9.72. The van der Waals surface area contributed by atoms with E-state index in [1.165, 1.54) is 25.9 Å². The van der Waals surface area contributed by atoms with Crippen LogP contribution in [0.5, 0.6) is 0 Å². The summed E-state index contributed by atoms with van der Waals surface area (Å²) in [6, 6.07) is 0. The number of aromatic nitrogens is 1. The normalized spacial score (nSPS) is 16.9. The second kappa shape index (κ2) is 5.61. The molecule has 90 valence electrons. The minimum Gasteiger partial charge on any atom is -0.391 e. The molecule has 0 unspecified atom stereocenters. The van der Waals surface area contributed by atoms with Crippen molar-refractivity contribution in [3.63, 3.8) is 0 Å². The lowest BCUT2D eigenvalue weighted by Gasteiger charge is -2.20. The largest absolute Gasteiger partial charge is 0.391 e. The Labute approximate surface area is 101 Å². The average molecular weight is 241 g/mol. The topological polar surface area (TPSA) is 39.6 Å². The second-order valence-corrected chi connectivity index (χ2v) is 5.33. The minimum absolute atomic E-state index is 0.0949. The van der Waals surface area contributed by atoms with Crippen LogP contribution in [-0.2, 0) is 6.61 Å². The van der Waals surface area contributed by atoms with Crippen LogP contribution in [0.1, 0.15) is 17.7 Å². The van der Waals surface area contributed by atoms with Gasteiger partial charge < -0.3 is 14.9 Å². The first-order valence-corrected chi connectivity index (χ1v) is 6.60. The molecule has 2 heterocycles. The maximum Gasteiger partial charge on any atom is 0.185 e. The van der Waals surface area contributed by atoms with Gasteiger partial charge in [-0.3, -0.25) is 0 Å². The van der Waals surface area contributed by atoms with E-state index in [4.69, 9.17) is 5.11 Å². The summed E-state index contributed by atoms with van der Waals surface area (Å²) < 4.78 is 0. The summed E-state index contributed by atoms with van der Waals surface area (Å²) in [5, 5.41) is 9.98. The van der Waals surface area contributed by atoms with Gasteiger partial charge >= 0.3 is 0 Å². The summed E-state index contributed by atoms with van der Waals surface area (Å²) in [6.45, 7) is 4.71. The summed E-state index contributed by atoms with van der Waals surface area (Å²) in [7, 11) is 2.07. The van der Waals surface area contributed by atoms with Crippen molar-refractivity contribution in [2.24, 2.45) is 0 Å². The zero-order chi connectivity index (χ0) is 11.4. The fourth-order valence-electron chi connectivity index (χ4n) is 1.94. The SMILES string of the molecule is CN(CCN1CCCC1)c1ncc(CO)s1. The number of thiazole rings is 1. The Morgan fingerprint density at radius 1 is 1.50 bits per heavy atom. The lowest BCUT2D eigenvalue weighted by Crippen LogP contribution is -2.31. The van der Waals surface area contributed by atoms with Crippen LogP contribution < -0.4 is 4.90 Å². The molecule has 1 saturated heterocycles. The zero-order valence-corrected chi connectivity index (χ0v) is 10.5. The Balaban J connectivity index is 1.80. The minimum atomic E-state index is 0.0949. The molecule has 0 saturated carbocycles. The number of nitrogens with zero attached hydrogens (tertiary/aromatic N) is 3. The Morgan fingerprint density at radius 2 is 2.25 bits per heavy atom. The summed E-state index contributed by atoms with van der Waals surface area (Å²) in [5.41, 5.74) is 0. The molecular formula is C11H19N3OS. The number of aliphatic hydroxyl groups is 1. The Kier molecular flexibility index (Phi) is 4.15. The molecule has 1 aromatic rings. The third-order valence-electron chi connectivity index (χ3n) is 2.97. The van der Waals surface area contributed by atoms with Crippen LogP contribution in [0.15, 0.2) is 6.20 Å². The number of anilines is 1. The van der Waals surface area contributed by atoms with Gasteiger partial charge in [0.05, 0.1) is 11.5 Å². The molecule has 1 aromatic heterocycles. The third-order valence-corrected chi connectivity index (χ3v) is 4.07. The molecule has 0 radical (unpaired) electrons. The average Bonchev–Trinajstić information content (AvgIpc) is 2.96.